The zero-order valence-corrected chi connectivity index (χ0v) is 15.6. The van der Waals surface area contributed by atoms with Crippen molar-refractivity contribution in [1.82, 2.24) is 14.8 Å². The molecule has 0 aliphatic carbocycles. The van der Waals surface area contributed by atoms with Crippen molar-refractivity contribution in [2.24, 2.45) is 0 Å². The van der Waals surface area contributed by atoms with Crippen LogP contribution >= 0.6 is 0 Å². The number of halogens is 3. The Bertz CT molecular complexity index is 1430. The lowest BCUT2D eigenvalue weighted by molar-refractivity contribution is -0.137. The molecule has 0 amide bonds. The van der Waals surface area contributed by atoms with Crippen LogP contribution in [-0.2, 0) is 6.18 Å². The average molecular weight is 409 g/mol. The van der Waals surface area contributed by atoms with Gasteiger partial charge < -0.3 is 10.9 Å². The van der Waals surface area contributed by atoms with Crippen LogP contribution in [0.5, 0.6) is 0 Å². The third-order valence-electron chi connectivity index (χ3n) is 4.73. The lowest BCUT2D eigenvalue weighted by Crippen LogP contribution is -2.36. The van der Waals surface area contributed by atoms with Gasteiger partial charge in [0.05, 0.1) is 33.1 Å². The first-order valence-corrected chi connectivity index (χ1v) is 8.84. The number of hydrogen-bond acceptors (Lipinski definition) is 5. The second-order valence-corrected chi connectivity index (χ2v) is 6.58. The number of fused-ring (bicyclic) bond motifs is 3. The van der Waals surface area contributed by atoms with Gasteiger partial charge in [-0.25, -0.2) is 4.98 Å². The summed E-state index contributed by atoms with van der Waals surface area (Å²) in [6, 6.07) is 13.7. The zero-order valence-electron chi connectivity index (χ0n) is 15.6. The van der Waals surface area contributed by atoms with Crippen LogP contribution in [0.25, 0.3) is 22.9 Å². The molecule has 6 nitrogen and oxygen atoms in total. The van der Waals surface area contributed by atoms with Gasteiger partial charge in [0.1, 0.15) is 6.07 Å². The molecule has 2 heterocycles. The number of alkyl halides is 3. The minimum absolute atomic E-state index is 0.167. The van der Waals surface area contributed by atoms with Crippen molar-refractivity contribution in [1.29, 1.82) is 5.26 Å². The summed E-state index contributed by atoms with van der Waals surface area (Å²) in [6.45, 7) is 1.62. The number of nitrogens with one attached hydrogen (secondary N) is 2. The second kappa shape index (κ2) is 7.08. The summed E-state index contributed by atoms with van der Waals surface area (Å²) in [5.41, 5.74) is 6.33. The van der Waals surface area contributed by atoms with Gasteiger partial charge in [0.15, 0.2) is 5.65 Å². The summed E-state index contributed by atoms with van der Waals surface area (Å²) in [4.78, 5) is 17.5. The fourth-order valence-corrected chi connectivity index (χ4v) is 3.25. The molecule has 9 heteroatoms. The number of aromatic nitrogens is 2. The van der Waals surface area contributed by atoms with Crippen LogP contribution in [0.1, 0.15) is 16.7 Å². The maximum absolute atomic E-state index is 13.1. The Hall–Kier alpha value is -4.06. The molecule has 0 spiro atoms. The molecule has 0 aliphatic rings. The van der Waals surface area contributed by atoms with Gasteiger partial charge in [-0.2, -0.15) is 18.4 Å². The molecule has 0 fully saturated rings. The van der Waals surface area contributed by atoms with Crippen LogP contribution in [0.3, 0.4) is 0 Å². The number of pyridine rings is 1. The van der Waals surface area contributed by atoms with E-state index in [0.29, 0.717) is 16.6 Å². The fraction of sp³-hybridized carbons (Fsp3) is 0.0952. The van der Waals surface area contributed by atoms with Crippen LogP contribution in [-0.4, -0.2) is 9.38 Å². The molecule has 30 heavy (non-hydrogen) atoms. The molecule has 0 radical (unpaired) electrons. The molecule has 0 saturated heterocycles. The third-order valence-corrected chi connectivity index (χ3v) is 4.73. The zero-order chi connectivity index (χ0) is 21.5. The number of anilines is 1. The van der Waals surface area contributed by atoms with Crippen LogP contribution < -0.4 is 21.6 Å². The van der Waals surface area contributed by atoms with Crippen molar-refractivity contribution in [3.8, 4) is 6.07 Å². The van der Waals surface area contributed by atoms with E-state index in [9.17, 15) is 23.2 Å². The van der Waals surface area contributed by atoms with Gasteiger partial charge in [-0.1, -0.05) is 18.2 Å². The highest BCUT2D eigenvalue weighted by Crippen LogP contribution is 2.30. The number of hydrogen-bond donors (Lipinski definition) is 2. The van der Waals surface area contributed by atoms with Crippen LogP contribution in [0, 0.1) is 18.3 Å². The van der Waals surface area contributed by atoms with E-state index in [2.05, 4.69) is 21.9 Å². The van der Waals surface area contributed by atoms with E-state index in [4.69, 9.17) is 0 Å². The van der Waals surface area contributed by atoms with Gasteiger partial charge in [-0.05, 0) is 42.8 Å². The summed E-state index contributed by atoms with van der Waals surface area (Å²) in [7, 11) is 0. The van der Waals surface area contributed by atoms with Gasteiger partial charge >= 0.3 is 6.18 Å². The highest BCUT2D eigenvalue weighted by Gasteiger charge is 2.30. The molecule has 0 aliphatic heterocycles. The van der Waals surface area contributed by atoms with Gasteiger partial charge in [-0.15, -0.1) is 0 Å². The maximum atomic E-state index is 13.1. The number of rotatable bonds is 3. The molecule has 2 aromatic carbocycles. The molecule has 0 bridgehead atoms. The topological polar surface area (TPSA) is 82.2 Å². The van der Waals surface area contributed by atoms with Crippen molar-refractivity contribution >= 4 is 28.6 Å². The minimum atomic E-state index is -4.46. The molecular weight excluding hydrogens is 395 g/mol. The van der Waals surface area contributed by atoms with E-state index in [1.807, 2.05) is 0 Å². The van der Waals surface area contributed by atoms with E-state index < -0.39 is 17.3 Å². The summed E-state index contributed by atoms with van der Waals surface area (Å²) in [5.74, 6) is 0. The van der Waals surface area contributed by atoms with Gasteiger partial charge in [-0.3, -0.25) is 9.20 Å². The molecule has 4 rings (SSSR count). The van der Waals surface area contributed by atoms with Gasteiger partial charge in [0.25, 0.3) is 5.56 Å². The normalized spacial score (nSPS) is 12.3. The van der Waals surface area contributed by atoms with Crippen molar-refractivity contribution in [2.75, 3.05) is 5.43 Å². The largest absolute Gasteiger partial charge is 0.416 e. The molecule has 4 aromatic rings. The lowest BCUT2D eigenvalue weighted by atomic mass is 10.1. The average Bonchev–Trinajstić information content (AvgIpc) is 3.10. The summed E-state index contributed by atoms with van der Waals surface area (Å²) < 4.78 is 39.9. The Morgan fingerprint density at radius 1 is 1.17 bits per heavy atom. The SMILES string of the molecule is Cc1c(C#N)c2nc3ccccc3n2c(=O)/c1=C\NNc1cccc(C(F)(F)F)c1. The number of hydrazine groups is 1. The minimum Gasteiger partial charge on any atom is -0.307 e. The number of para-hydroxylation sites is 2. The number of benzene rings is 2. The Labute approximate surface area is 167 Å². The molecule has 2 N–H and O–H groups in total. The smallest absolute Gasteiger partial charge is 0.307 e. The third kappa shape index (κ3) is 3.18. The van der Waals surface area contributed by atoms with Crippen LogP contribution in [0.4, 0.5) is 18.9 Å². The standard InChI is InChI=1S/C21H14F3N5O/c1-12-15(10-25)19-27-17-7-2-3-8-18(17)29(19)20(30)16(12)11-26-28-14-6-4-5-13(9-14)21(22,23)24/h2-9,11,26,28H,1H3/b16-11-. The Morgan fingerprint density at radius 3 is 2.67 bits per heavy atom. The lowest BCUT2D eigenvalue weighted by Gasteiger charge is -2.10. The van der Waals surface area contributed by atoms with E-state index in [1.165, 1.54) is 22.7 Å². The molecule has 2 aromatic heterocycles. The quantitative estimate of drug-likeness (QED) is 0.508. The first kappa shape index (κ1) is 19.3. The van der Waals surface area contributed by atoms with E-state index in [0.717, 1.165) is 12.1 Å². The first-order valence-electron chi connectivity index (χ1n) is 8.84. The van der Waals surface area contributed by atoms with Crippen LogP contribution in [0.15, 0.2) is 53.3 Å². The summed E-state index contributed by atoms with van der Waals surface area (Å²) >= 11 is 0. The molecule has 0 atom stereocenters. The van der Waals surface area contributed by atoms with Crippen LogP contribution in [0.2, 0.25) is 0 Å². The molecule has 0 unspecified atom stereocenters. The highest BCUT2D eigenvalue weighted by molar-refractivity contribution is 5.82. The van der Waals surface area contributed by atoms with E-state index in [-0.39, 0.29) is 22.1 Å². The predicted molar refractivity (Wildman–Crippen MR) is 106 cm³/mol. The van der Waals surface area contributed by atoms with E-state index >= 15 is 0 Å². The molecule has 0 saturated carbocycles. The second-order valence-electron chi connectivity index (χ2n) is 6.58. The Kier molecular flexibility index (Phi) is 4.54. The Balaban J connectivity index is 1.80. The molecule has 150 valence electrons. The molecular formula is C21H14F3N5O. The fourth-order valence-electron chi connectivity index (χ4n) is 3.25. The monoisotopic (exact) mass is 409 g/mol. The van der Waals surface area contributed by atoms with Crippen molar-refractivity contribution in [3.63, 3.8) is 0 Å². The summed E-state index contributed by atoms with van der Waals surface area (Å²) in [5, 5.41) is 9.80. The summed E-state index contributed by atoms with van der Waals surface area (Å²) in [6.07, 6.45) is -3.14. The maximum Gasteiger partial charge on any atom is 0.416 e. The first-order chi connectivity index (χ1) is 14.3. The van der Waals surface area contributed by atoms with Crippen molar-refractivity contribution in [3.05, 3.63) is 80.8 Å². The Morgan fingerprint density at radius 2 is 1.93 bits per heavy atom. The number of nitrogens with zero attached hydrogens (tertiary/aromatic N) is 3. The van der Waals surface area contributed by atoms with E-state index in [1.54, 1.807) is 31.2 Å². The van der Waals surface area contributed by atoms with Gasteiger partial charge in [0.2, 0.25) is 0 Å². The van der Waals surface area contributed by atoms with Crippen molar-refractivity contribution < 1.29 is 13.2 Å². The van der Waals surface area contributed by atoms with Crippen molar-refractivity contribution in [2.45, 2.75) is 13.1 Å². The number of nitriles is 1. The highest BCUT2D eigenvalue weighted by atomic mass is 19.4. The number of imidazole rings is 1. The van der Waals surface area contributed by atoms with Gasteiger partial charge in [0, 0.05) is 6.20 Å². The predicted octanol–water partition coefficient (Wildman–Crippen LogP) is 3.12.